The molecule has 0 rings (SSSR count). The molecule has 0 atom stereocenters. The molecule has 0 amide bonds. The first-order chi connectivity index (χ1) is 1.00. The van der Waals surface area contributed by atoms with Gasteiger partial charge in [0.25, 0.3) is 0 Å². The van der Waals surface area contributed by atoms with Crippen molar-refractivity contribution in [2.75, 3.05) is 0 Å². The first-order valence-corrected chi connectivity index (χ1v) is 1.50. The van der Waals surface area contributed by atoms with Crippen molar-refractivity contribution in [3.63, 3.8) is 0 Å². The first kappa shape index (κ1) is 22.7. The predicted molar refractivity (Wildman–Crippen MR) is 15.8 cm³/mol. The van der Waals surface area contributed by atoms with Crippen LogP contribution in [0.5, 0.6) is 0 Å². The molecule has 0 fully saturated rings. The molecule has 0 heterocycles. The van der Waals surface area contributed by atoms with Gasteiger partial charge in [-0.3, -0.25) is 0 Å². The molecule has 0 spiro atoms. The largest absolute Gasteiger partial charge is 2.00 e. The van der Waals surface area contributed by atoms with Crippen LogP contribution < -0.4 is 0 Å². The number of hydrogen-bond acceptors (Lipinski definition) is 1. The Morgan fingerprint density at radius 3 is 1.40 bits per heavy atom. The zero-order valence-electron chi connectivity index (χ0n) is 4.90. The van der Waals surface area contributed by atoms with Gasteiger partial charge in [-0.25, -0.2) is 0 Å². The van der Waals surface area contributed by atoms with E-state index in [0.717, 1.165) is 0 Å². The smallest absolute Gasteiger partial charge is 2.00 e. The van der Waals surface area contributed by atoms with E-state index in [1.807, 2.05) is 0 Å². The van der Waals surface area contributed by atoms with Crippen LogP contribution in [0.2, 0.25) is 0 Å². The van der Waals surface area contributed by atoms with Crippen molar-refractivity contribution in [3.8, 4) is 0 Å². The van der Waals surface area contributed by atoms with Gasteiger partial charge in [0, 0.05) is 76.4 Å². The van der Waals surface area contributed by atoms with Gasteiger partial charge in [-0.1, -0.05) is 0 Å². The molecule has 0 aliphatic heterocycles. The zero-order chi connectivity index (χ0) is 2.00. The second kappa shape index (κ2) is 23.7. The van der Waals surface area contributed by atoms with Gasteiger partial charge in [0.15, 0.2) is 0 Å². The zero-order valence-corrected chi connectivity index (χ0v) is 16.2. The summed E-state index contributed by atoms with van der Waals surface area (Å²) in [5.41, 5.74) is 0. The Morgan fingerprint density at radius 2 is 1.40 bits per heavy atom. The Kier molecular flexibility index (Phi) is 107. The minimum absolute atomic E-state index is 0. The molecule has 0 saturated carbocycles. The van der Waals surface area contributed by atoms with Crippen LogP contribution >= 0.6 is 0 Å². The van der Waals surface area contributed by atoms with Crippen molar-refractivity contribution in [3.05, 3.63) is 0 Å². The van der Waals surface area contributed by atoms with Crippen LogP contribution in [0.3, 0.4) is 0 Å². The monoisotopic (exact) mass is 457 g/mol. The molecule has 5 heteroatoms. The molecule has 0 aromatic heterocycles. The second-order valence-electron chi connectivity index (χ2n) is 0. The number of rotatable bonds is 0. The van der Waals surface area contributed by atoms with E-state index in [9.17, 15) is 0 Å². The first-order valence-electron chi connectivity index (χ1n) is 0.289. The molecule has 0 bridgehead atoms. The van der Waals surface area contributed by atoms with Crippen molar-refractivity contribution in [1.82, 2.24) is 0 Å². The Morgan fingerprint density at radius 1 is 1.40 bits per heavy atom. The molecule has 0 saturated heterocycles. The minimum atomic E-state index is 0. The third-order valence-corrected chi connectivity index (χ3v) is 0. The summed E-state index contributed by atoms with van der Waals surface area (Å²) in [5.74, 6) is 0. The van der Waals surface area contributed by atoms with E-state index < -0.39 is 0 Å². The summed E-state index contributed by atoms with van der Waals surface area (Å²) < 4.78 is 8.38. The van der Waals surface area contributed by atoms with Gasteiger partial charge in [-0.15, -0.1) is 0 Å². The van der Waals surface area contributed by atoms with E-state index in [0.29, 0.717) is 0 Å². The SMILES string of the molecule is [H-].[H-].[La].[Nd].[O]=[GaH].[Sr+2]. The van der Waals surface area contributed by atoms with Crippen molar-refractivity contribution >= 4 is 64.0 Å². The fourth-order valence-electron chi connectivity index (χ4n) is 0. The summed E-state index contributed by atoms with van der Waals surface area (Å²) in [5, 5.41) is 0. The summed E-state index contributed by atoms with van der Waals surface area (Å²) in [6, 6.07) is 0. The maximum absolute atomic E-state index is 8.38. The molecular weight excluding hydrogens is 456 g/mol. The van der Waals surface area contributed by atoms with Gasteiger partial charge in [0.2, 0.25) is 0 Å². The van der Waals surface area contributed by atoms with E-state index in [1.165, 1.54) is 0 Å². The molecule has 1 radical (unpaired) electrons. The Labute approximate surface area is 142 Å². The maximum atomic E-state index is 8.38. The van der Waals surface area contributed by atoms with Crippen LogP contribution in [-0.4, -0.2) is 64.0 Å². The standard InChI is InChI=1S/Ga.La.Nd.O.Sr.3H/q;;;;+2;;2*-1. The van der Waals surface area contributed by atoms with Crippen LogP contribution in [0.4, 0.5) is 0 Å². The van der Waals surface area contributed by atoms with E-state index in [1.54, 1.807) is 0 Å². The Hall–Kier alpha value is 4.46. The van der Waals surface area contributed by atoms with E-state index in [-0.39, 0.29) is 143 Å². The topological polar surface area (TPSA) is 17.1 Å². The normalized spacial score (nSPS) is 0.600. The van der Waals surface area contributed by atoms with Crippen molar-refractivity contribution in [2.45, 2.75) is 0 Å². The molecule has 0 unspecified atom stereocenters. The summed E-state index contributed by atoms with van der Waals surface area (Å²) in [6.07, 6.45) is 0. The fraction of sp³-hybridized carbons (Fsp3) is 0. The van der Waals surface area contributed by atoms with E-state index in [2.05, 4.69) is 0 Å². The third-order valence-electron chi connectivity index (χ3n) is 0. The molecule has 21 valence electrons. The Bertz CT molecular complexity index is 17.7. The quantitative estimate of drug-likeness (QED) is 0.429. The summed E-state index contributed by atoms with van der Waals surface area (Å²) >= 11 is 0.125. The van der Waals surface area contributed by atoms with Gasteiger partial charge < -0.3 is 2.85 Å². The van der Waals surface area contributed by atoms with Crippen LogP contribution in [0.25, 0.3) is 0 Å². The maximum Gasteiger partial charge on any atom is 2.00 e. The average Bonchev–Trinajstić information content (AvgIpc) is 1.00. The predicted octanol–water partition coefficient (Wildman–Crippen LogP) is -0.923. The number of hydrogen-bond donors (Lipinski definition) is 0. The Balaban J connectivity index is -0.000000000500. The van der Waals surface area contributed by atoms with Gasteiger partial charge in [0.05, 0.1) is 0 Å². The average molecular weight is 460 g/mol. The molecule has 0 aromatic carbocycles. The van der Waals surface area contributed by atoms with Crippen molar-refractivity contribution in [1.29, 1.82) is 0 Å². The molecule has 0 N–H and O–H groups in total. The summed E-state index contributed by atoms with van der Waals surface area (Å²) in [7, 11) is 0. The van der Waals surface area contributed by atoms with Crippen LogP contribution in [-0.2, 0) is 3.54 Å². The van der Waals surface area contributed by atoms with E-state index in [4.69, 9.17) is 3.54 Å². The molecule has 5 heavy (non-hydrogen) atoms. The van der Waals surface area contributed by atoms with Gasteiger partial charge in [-0.05, 0) is 0 Å². The van der Waals surface area contributed by atoms with Crippen LogP contribution in [0, 0.1) is 76.4 Å². The van der Waals surface area contributed by atoms with Crippen molar-refractivity contribution < 1.29 is 82.8 Å². The summed E-state index contributed by atoms with van der Waals surface area (Å²) in [6.45, 7) is 0. The minimum Gasteiger partial charge on any atom is 2.00 e. The summed E-state index contributed by atoms with van der Waals surface area (Å²) in [4.78, 5) is 0. The molecule has 0 aliphatic rings. The van der Waals surface area contributed by atoms with Gasteiger partial charge in [0.1, 0.15) is 0 Å². The van der Waals surface area contributed by atoms with Gasteiger partial charge >= 0.3 is 67.6 Å². The van der Waals surface area contributed by atoms with Gasteiger partial charge in [-0.2, -0.15) is 0 Å². The van der Waals surface area contributed by atoms with Crippen LogP contribution in [0.1, 0.15) is 2.85 Å². The molecule has 0 aromatic rings. The van der Waals surface area contributed by atoms with Crippen LogP contribution in [0.15, 0.2) is 0 Å². The molecule has 1 nitrogen and oxygen atoms in total. The fourth-order valence-corrected chi connectivity index (χ4v) is 0. The van der Waals surface area contributed by atoms with Crippen molar-refractivity contribution in [2.24, 2.45) is 0 Å². The second-order valence-corrected chi connectivity index (χ2v) is 0. The van der Waals surface area contributed by atoms with E-state index >= 15 is 0 Å². The molecule has 0 aliphatic carbocycles. The third kappa shape index (κ3) is 17.7. The molecular formula is H3GaLaNdOSr.